The number of nitrogens with two attached hydrogens (primary N) is 1. The number of nitrogens with one attached hydrogen (secondary N) is 1. The molecule has 4 heteroatoms. The highest BCUT2D eigenvalue weighted by atomic mass is 16.5. The van der Waals surface area contributed by atoms with Crippen LogP contribution in [0.3, 0.4) is 0 Å². The summed E-state index contributed by atoms with van der Waals surface area (Å²) in [6.07, 6.45) is -0.553. The van der Waals surface area contributed by atoms with E-state index >= 15 is 0 Å². The van der Waals surface area contributed by atoms with Crippen molar-refractivity contribution >= 4 is 11.6 Å². The van der Waals surface area contributed by atoms with E-state index < -0.39 is 6.10 Å². The summed E-state index contributed by atoms with van der Waals surface area (Å²) in [7, 11) is 0. The molecule has 0 saturated carbocycles. The summed E-state index contributed by atoms with van der Waals surface area (Å²) < 4.78 is 5.53. The molecule has 1 amide bonds. The van der Waals surface area contributed by atoms with Crippen LogP contribution in [0, 0.1) is 6.92 Å². The zero-order valence-corrected chi connectivity index (χ0v) is 10.8. The molecule has 4 nitrogen and oxygen atoms in total. The maximum absolute atomic E-state index is 11.7. The fourth-order valence-electron chi connectivity index (χ4n) is 1.42. The molecule has 0 bridgehead atoms. The fourth-order valence-corrected chi connectivity index (χ4v) is 1.42. The first-order valence-corrected chi connectivity index (χ1v) is 5.73. The highest BCUT2D eigenvalue weighted by molar-refractivity contribution is 5.81. The number of rotatable bonds is 4. The van der Waals surface area contributed by atoms with E-state index in [1.807, 2.05) is 32.9 Å². The minimum atomic E-state index is -0.553. The summed E-state index contributed by atoms with van der Waals surface area (Å²) in [6, 6.07) is 5.61. The smallest absolute Gasteiger partial charge is 0.260 e. The molecule has 94 valence electrons. The van der Waals surface area contributed by atoms with Crippen molar-refractivity contribution in [1.29, 1.82) is 0 Å². The maximum atomic E-state index is 11.7. The molecule has 0 spiro atoms. The highest BCUT2D eigenvalue weighted by Crippen LogP contribution is 2.23. The van der Waals surface area contributed by atoms with E-state index in [1.165, 1.54) is 0 Å². The van der Waals surface area contributed by atoms with E-state index in [0.29, 0.717) is 11.4 Å². The largest absolute Gasteiger partial charge is 0.479 e. The highest BCUT2D eigenvalue weighted by Gasteiger charge is 2.16. The Balaban J connectivity index is 2.67. The van der Waals surface area contributed by atoms with Crippen LogP contribution < -0.4 is 15.8 Å². The molecule has 0 aliphatic carbocycles. The van der Waals surface area contributed by atoms with Gasteiger partial charge in [-0.05, 0) is 45.4 Å². The lowest BCUT2D eigenvalue weighted by Crippen LogP contribution is -2.40. The molecule has 0 heterocycles. The monoisotopic (exact) mass is 236 g/mol. The van der Waals surface area contributed by atoms with Gasteiger partial charge in [0.1, 0.15) is 5.75 Å². The summed E-state index contributed by atoms with van der Waals surface area (Å²) in [5, 5.41) is 2.79. The van der Waals surface area contributed by atoms with Crippen molar-refractivity contribution in [2.24, 2.45) is 0 Å². The molecular formula is C13H20N2O2. The van der Waals surface area contributed by atoms with Crippen LogP contribution in [-0.2, 0) is 4.79 Å². The first-order valence-electron chi connectivity index (χ1n) is 5.73. The average molecular weight is 236 g/mol. The number of nitrogen functional groups attached to an aromatic ring is 1. The first kappa shape index (κ1) is 13.4. The van der Waals surface area contributed by atoms with Gasteiger partial charge in [0, 0.05) is 6.04 Å². The molecule has 0 radical (unpaired) electrons. The standard InChI is InChI=1S/C13H20N2O2/c1-8(2)15-13(16)10(4)17-12-6-5-9(3)7-11(12)14/h5-8,10H,14H2,1-4H3,(H,15,16). The number of benzene rings is 1. The van der Waals surface area contributed by atoms with E-state index in [2.05, 4.69) is 5.32 Å². The quantitative estimate of drug-likeness (QED) is 0.784. The van der Waals surface area contributed by atoms with Gasteiger partial charge in [-0.25, -0.2) is 0 Å². The Morgan fingerprint density at radius 3 is 2.53 bits per heavy atom. The Labute approximate surface area is 102 Å². The number of aryl methyl sites for hydroxylation is 1. The number of amides is 1. The molecule has 0 aliphatic rings. The third-order valence-corrected chi connectivity index (χ3v) is 2.27. The van der Waals surface area contributed by atoms with Crippen molar-refractivity contribution in [3.05, 3.63) is 23.8 Å². The zero-order valence-electron chi connectivity index (χ0n) is 10.8. The van der Waals surface area contributed by atoms with Gasteiger partial charge in [0.25, 0.3) is 5.91 Å². The summed E-state index contributed by atoms with van der Waals surface area (Å²) in [5.74, 6) is 0.405. The van der Waals surface area contributed by atoms with Crippen LogP contribution in [0.4, 0.5) is 5.69 Å². The molecule has 0 aliphatic heterocycles. The Hall–Kier alpha value is -1.71. The van der Waals surface area contributed by atoms with E-state index in [1.54, 1.807) is 13.0 Å². The molecule has 0 aromatic heterocycles. The number of hydrogen-bond acceptors (Lipinski definition) is 3. The molecular weight excluding hydrogens is 216 g/mol. The van der Waals surface area contributed by atoms with Gasteiger partial charge in [-0.1, -0.05) is 6.07 Å². The molecule has 1 aromatic carbocycles. The van der Waals surface area contributed by atoms with Crippen molar-refractivity contribution in [3.8, 4) is 5.75 Å². The van der Waals surface area contributed by atoms with Crippen molar-refractivity contribution in [1.82, 2.24) is 5.32 Å². The summed E-state index contributed by atoms with van der Waals surface area (Å²) in [6.45, 7) is 7.47. The number of carbonyl (C=O) groups excluding carboxylic acids is 1. The van der Waals surface area contributed by atoms with E-state index in [0.717, 1.165) is 5.56 Å². The van der Waals surface area contributed by atoms with Crippen LogP contribution in [0.1, 0.15) is 26.3 Å². The minimum absolute atomic E-state index is 0.101. The first-order chi connectivity index (χ1) is 7.90. The summed E-state index contributed by atoms with van der Waals surface area (Å²) >= 11 is 0. The van der Waals surface area contributed by atoms with Crippen LogP contribution in [0.15, 0.2) is 18.2 Å². The third kappa shape index (κ3) is 3.98. The Morgan fingerprint density at radius 1 is 1.35 bits per heavy atom. The van der Waals surface area contributed by atoms with Gasteiger partial charge in [0.05, 0.1) is 5.69 Å². The second-order valence-electron chi connectivity index (χ2n) is 4.46. The van der Waals surface area contributed by atoms with Crippen LogP contribution in [-0.4, -0.2) is 18.1 Å². The van der Waals surface area contributed by atoms with E-state index in [-0.39, 0.29) is 11.9 Å². The second kappa shape index (κ2) is 5.57. The van der Waals surface area contributed by atoms with Gasteiger partial charge in [-0.15, -0.1) is 0 Å². The lowest BCUT2D eigenvalue weighted by atomic mass is 10.2. The second-order valence-corrected chi connectivity index (χ2v) is 4.46. The van der Waals surface area contributed by atoms with Gasteiger partial charge < -0.3 is 15.8 Å². The van der Waals surface area contributed by atoms with Gasteiger partial charge in [0.15, 0.2) is 6.10 Å². The molecule has 3 N–H and O–H groups in total. The number of hydrogen-bond donors (Lipinski definition) is 2. The summed E-state index contributed by atoms with van der Waals surface area (Å²) in [4.78, 5) is 11.7. The lowest BCUT2D eigenvalue weighted by molar-refractivity contribution is -0.127. The predicted octanol–water partition coefficient (Wildman–Crippen LogP) is 1.87. The normalized spacial score (nSPS) is 12.3. The van der Waals surface area contributed by atoms with E-state index in [4.69, 9.17) is 10.5 Å². The molecule has 0 saturated heterocycles. The molecule has 1 rings (SSSR count). The Morgan fingerprint density at radius 2 is 2.00 bits per heavy atom. The van der Waals surface area contributed by atoms with Gasteiger partial charge in [-0.2, -0.15) is 0 Å². The van der Waals surface area contributed by atoms with Crippen LogP contribution in [0.5, 0.6) is 5.75 Å². The molecule has 1 unspecified atom stereocenters. The van der Waals surface area contributed by atoms with Gasteiger partial charge in [0.2, 0.25) is 0 Å². The Kier molecular flexibility index (Phi) is 4.37. The third-order valence-electron chi connectivity index (χ3n) is 2.27. The molecule has 1 atom stereocenters. The average Bonchev–Trinajstić information content (AvgIpc) is 2.21. The van der Waals surface area contributed by atoms with E-state index in [9.17, 15) is 4.79 Å². The molecule has 0 fully saturated rings. The van der Waals surface area contributed by atoms with Gasteiger partial charge in [-0.3, -0.25) is 4.79 Å². The van der Waals surface area contributed by atoms with Crippen LogP contribution >= 0.6 is 0 Å². The van der Waals surface area contributed by atoms with Crippen LogP contribution in [0.2, 0.25) is 0 Å². The topological polar surface area (TPSA) is 64.3 Å². The number of carbonyl (C=O) groups is 1. The number of anilines is 1. The van der Waals surface area contributed by atoms with Crippen molar-refractivity contribution in [2.75, 3.05) is 5.73 Å². The van der Waals surface area contributed by atoms with Crippen molar-refractivity contribution < 1.29 is 9.53 Å². The van der Waals surface area contributed by atoms with Crippen molar-refractivity contribution in [2.45, 2.75) is 39.8 Å². The van der Waals surface area contributed by atoms with Crippen LogP contribution in [0.25, 0.3) is 0 Å². The maximum Gasteiger partial charge on any atom is 0.260 e. The predicted molar refractivity (Wildman–Crippen MR) is 69.0 cm³/mol. The van der Waals surface area contributed by atoms with Crippen molar-refractivity contribution in [3.63, 3.8) is 0 Å². The fraction of sp³-hybridized carbons (Fsp3) is 0.462. The zero-order chi connectivity index (χ0) is 13.0. The summed E-state index contributed by atoms with van der Waals surface area (Å²) in [5.41, 5.74) is 7.43. The molecule has 1 aromatic rings. The number of ether oxygens (including phenoxy) is 1. The SMILES string of the molecule is Cc1ccc(OC(C)C(=O)NC(C)C)c(N)c1. The van der Waals surface area contributed by atoms with Gasteiger partial charge >= 0.3 is 0 Å². The Bertz CT molecular complexity index is 402. The minimum Gasteiger partial charge on any atom is -0.479 e. The lowest BCUT2D eigenvalue weighted by Gasteiger charge is -2.17. The molecule has 17 heavy (non-hydrogen) atoms.